The van der Waals surface area contributed by atoms with Gasteiger partial charge in [-0.05, 0) is 63.7 Å². The van der Waals surface area contributed by atoms with Crippen molar-refractivity contribution >= 4 is 11.9 Å². The van der Waals surface area contributed by atoms with E-state index >= 15 is 0 Å². The van der Waals surface area contributed by atoms with Gasteiger partial charge in [-0.25, -0.2) is 0 Å². The van der Waals surface area contributed by atoms with Gasteiger partial charge < -0.3 is 9.47 Å². The number of hydrogen-bond donors (Lipinski definition) is 0. The molecule has 0 N–H and O–H groups in total. The van der Waals surface area contributed by atoms with Crippen molar-refractivity contribution in [3.63, 3.8) is 0 Å². The Morgan fingerprint density at radius 3 is 2.42 bits per heavy atom. The molecule has 0 aromatic rings. The summed E-state index contributed by atoms with van der Waals surface area (Å²) in [7, 11) is 0. The Hall–Kier alpha value is -1.06. The van der Waals surface area contributed by atoms with Crippen molar-refractivity contribution < 1.29 is 19.1 Å². The van der Waals surface area contributed by atoms with Crippen LogP contribution in [0.3, 0.4) is 0 Å². The van der Waals surface area contributed by atoms with E-state index in [-0.39, 0.29) is 23.3 Å². The lowest BCUT2D eigenvalue weighted by Crippen LogP contribution is -2.38. The van der Waals surface area contributed by atoms with Gasteiger partial charge in [0.2, 0.25) is 0 Å². The molecule has 1 aliphatic rings. The highest BCUT2D eigenvalue weighted by Gasteiger charge is 2.40. The summed E-state index contributed by atoms with van der Waals surface area (Å²) in [5.41, 5.74) is -0.786. The average Bonchev–Trinajstić information content (AvgIpc) is 2.80. The van der Waals surface area contributed by atoms with E-state index in [2.05, 4.69) is 48.5 Å². The predicted octanol–water partition coefficient (Wildman–Crippen LogP) is 8.12. The van der Waals surface area contributed by atoms with Crippen LogP contribution in [0.5, 0.6) is 0 Å². The molecule has 4 nitrogen and oxygen atoms in total. The van der Waals surface area contributed by atoms with Gasteiger partial charge in [-0.3, -0.25) is 9.59 Å². The van der Waals surface area contributed by atoms with Gasteiger partial charge in [-0.15, -0.1) is 0 Å². The highest BCUT2D eigenvalue weighted by atomic mass is 16.5. The number of ether oxygens (including phenoxy) is 2. The minimum atomic E-state index is -0.424. The van der Waals surface area contributed by atoms with Gasteiger partial charge in [0.05, 0.1) is 24.0 Å². The molecule has 3 unspecified atom stereocenters. The molecular weight excluding hydrogens is 412 g/mol. The van der Waals surface area contributed by atoms with Gasteiger partial charge in [0.15, 0.2) is 0 Å². The molecule has 1 rings (SSSR count). The average molecular weight is 467 g/mol. The summed E-state index contributed by atoms with van der Waals surface area (Å²) < 4.78 is 11.9. The summed E-state index contributed by atoms with van der Waals surface area (Å²) in [6, 6.07) is 0. The van der Waals surface area contributed by atoms with Crippen LogP contribution in [0.25, 0.3) is 0 Å². The third-order valence-corrected chi connectivity index (χ3v) is 8.37. The molecule has 0 bridgehead atoms. The minimum Gasteiger partial charge on any atom is -0.465 e. The monoisotopic (exact) mass is 466 g/mol. The zero-order valence-electron chi connectivity index (χ0n) is 23.0. The number of esters is 2. The first kappa shape index (κ1) is 30.0. The largest absolute Gasteiger partial charge is 0.465 e. The fourth-order valence-electron chi connectivity index (χ4n) is 5.89. The third-order valence-electron chi connectivity index (χ3n) is 8.37. The molecule has 5 atom stereocenters. The second kappa shape index (κ2) is 15.0. The van der Waals surface area contributed by atoms with Crippen LogP contribution in [0.4, 0.5) is 0 Å². The first-order chi connectivity index (χ1) is 15.7. The third kappa shape index (κ3) is 8.91. The summed E-state index contributed by atoms with van der Waals surface area (Å²) in [5.74, 6) is 0.999. The maximum Gasteiger partial charge on any atom is 0.312 e. The number of carbonyl (C=O) groups is 2. The zero-order valence-corrected chi connectivity index (χ0v) is 23.0. The maximum atomic E-state index is 13.3. The highest BCUT2D eigenvalue weighted by Crippen LogP contribution is 2.38. The van der Waals surface area contributed by atoms with Crippen LogP contribution < -0.4 is 0 Å². The molecule has 0 amide bonds. The Labute approximate surface area is 205 Å². The molecule has 0 aliphatic carbocycles. The Kier molecular flexibility index (Phi) is 13.7. The van der Waals surface area contributed by atoms with Crippen molar-refractivity contribution in [2.24, 2.45) is 28.6 Å². The molecule has 1 fully saturated rings. The van der Waals surface area contributed by atoms with E-state index in [0.29, 0.717) is 25.0 Å². The van der Waals surface area contributed by atoms with Crippen LogP contribution >= 0.6 is 0 Å². The standard InChI is InChI=1S/C29H54O4/c1-8-14-23(5)29(7,19-11-4)27(31)33-22-25-17-21-32-26(30)28(6,18-10-3)20-13-12-16-24(25)15-9-2/h23-25H,8-22H2,1-7H3/t23-,24?,25+,28?,29?/m0/s1. The fourth-order valence-corrected chi connectivity index (χ4v) is 5.89. The van der Waals surface area contributed by atoms with E-state index in [1.54, 1.807) is 0 Å². The van der Waals surface area contributed by atoms with Crippen LogP contribution in [0.2, 0.25) is 0 Å². The van der Waals surface area contributed by atoms with Crippen LogP contribution in [-0.2, 0) is 19.1 Å². The van der Waals surface area contributed by atoms with Crippen LogP contribution in [0, 0.1) is 28.6 Å². The van der Waals surface area contributed by atoms with Crippen molar-refractivity contribution in [1.29, 1.82) is 0 Å². The molecule has 33 heavy (non-hydrogen) atoms. The quantitative estimate of drug-likeness (QED) is 0.272. The molecule has 194 valence electrons. The number of hydrogen-bond acceptors (Lipinski definition) is 4. The molecule has 1 heterocycles. The van der Waals surface area contributed by atoms with Gasteiger partial charge in [-0.2, -0.15) is 0 Å². The molecular formula is C29H54O4. The fraction of sp³-hybridized carbons (Fsp3) is 0.931. The molecule has 0 saturated carbocycles. The first-order valence-electron chi connectivity index (χ1n) is 14.0. The molecule has 1 aliphatic heterocycles. The first-order valence-corrected chi connectivity index (χ1v) is 14.0. The SMILES string of the molecule is CCCC1CCCCC(C)(CCC)C(=O)OCC[C@@H]1COC(=O)C(C)(CCC)[C@@H](C)CCC. The van der Waals surface area contributed by atoms with Crippen LogP contribution in [-0.4, -0.2) is 25.2 Å². The molecule has 0 radical (unpaired) electrons. The molecule has 0 aromatic carbocycles. The lowest BCUT2D eigenvalue weighted by atomic mass is 9.73. The molecule has 4 heteroatoms. The Bertz CT molecular complexity index is 574. The van der Waals surface area contributed by atoms with Crippen LogP contribution in [0.1, 0.15) is 132 Å². The second-order valence-corrected chi connectivity index (χ2v) is 11.2. The second-order valence-electron chi connectivity index (χ2n) is 11.2. The van der Waals surface area contributed by atoms with Crippen molar-refractivity contribution in [1.82, 2.24) is 0 Å². The van der Waals surface area contributed by atoms with Gasteiger partial charge in [0, 0.05) is 0 Å². The topological polar surface area (TPSA) is 52.6 Å². The Balaban J connectivity index is 2.93. The van der Waals surface area contributed by atoms with E-state index < -0.39 is 5.41 Å². The van der Waals surface area contributed by atoms with E-state index in [4.69, 9.17) is 9.47 Å². The smallest absolute Gasteiger partial charge is 0.312 e. The van der Waals surface area contributed by atoms with Crippen molar-refractivity contribution in [3.05, 3.63) is 0 Å². The Morgan fingerprint density at radius 1 is 1.09 bits per heavy atom. The lowest BCUT2D eigenvalue weighted by molar-refractivity contribution is -0.162. The van der Waals surface area contributed by atoms with Gasteiger partial charge in [-0.1, -0.05) is 86.0 Å². The van der Waals surface area contributed by atoms with Crippen molar-refractivity contribution in [2.75, 3.05) is 13.2 Å². The Morgan fingerprint density at radius 2 is 1.82 bits per heavy atom. The normalized spacial score (nSPS) is 27.7. The van der Waals surface area contributed by atoms with Gasteiger partial charge in [0.1, 0.15) is 0 Å². The number of rotatable bonds is 12. The van der Waals surface area contributed by atoms with E-state index in [9.17, 15) is 9.59 Å². The molecule has 0 spiro atoms. The summed E-state index contributed by atoms with van der Waals surface area (Å²) >= 11 is 0. The van der Waals surface area contributed by atoms with Crippen molar-refractivity contribution in [2.45, 2.75) is 132 Å². The summed E-state index contributed by atoms with van der Waals surface area (Å²) in [6.07, 6.45) is 13.1. The number of cyclic esters (lactones) is 1. The van der Waals surface area contributed by atoms with E-state index in [0.717, 1.165) is 83.5 Å². The van der Waals surface area contributed by atoms with Gasteiger partial charge >= 0.3 is 11.9 Å². The number of carbonyl (C=O) groups excluding carboxylic acids is 2. The van der Waals surface area contributed by atoms with Crippen molar-refractivity contribution in [3.8, 4) is 0 Å². The zero-order chi connectivity index (χ0) is 24.9. The highest BCUT2D eigenvalue weighted by molar-refractivity contribution is 5.77. The molecule has 1 saturated heterocycles. The summed E-state index contributed by atoms with van der Waals surface area (Å²) in [4.78, 5) is 26.2. The van der Waals surface area contributed by atoms with E-state index in [1.165, 1.54) is 0 Å². The van der Waals surface area contributed by atoms with Gasteiger partial charge in [0.25, 0.3) is 0 Å². The summed E-state index contributed by atoms with van der Waals surface area (Å²) in [5, 5.41) is 0. The van der Waals surface area contributed by atoms with Crippen LogP contribution in [0.15, 0.2) is 0 Å². The minimum absolute atomic E-state index is 0.0395. The maximum absolute atomic E-state index is 13.3. The van der Waals surface area contributed by atoms with E-state index in [1.807, 2.05) is 0 Å². The summed E-state index contributed by atoms with van der Waals surface area (Å²) in [6.45, 7) is 15.9. The predicted molar refractivity (Wildman–Crippen MR) is 137 cm³/mol. The molecule has 0 aromatic heterocycles. The lowest BCUT2D eigenvalue weighted by Gasteiger charge is -2.34.